The number of nitrogens with zero attached hydrogens (tertiary/aromatic N) is 1. The Morgan fingerprint density at radius 3 is 2.94 bits per heavy atom. The number of carbonyl (C=O) groups excluding carboxylic acids is 1. The summed E-state index contributed by atoms with van der Waals surface area (Å²) in [7, 11) is 1.71. The van der Waals surface area contributed by atoms with E-state index in [1.165, 1.54) is 11.3 Å². The number of nitrogens with two attached hydrogens (primary N) is 1. The van der Waals surface area contributed by atoms with Crippen LogP contribution in [0.25, 0.3) is 0 Å². The molecule has 1 aliphatic carbocycles. The Morgan fingerprint density at radius 2 is 2.44 bits per heavy atom. The first-order valence-corrected chi connectivity index (χ1v) is 6.85. The Kier molecular flexibility index (Phi) is 3.70. The zero-order chi connectivity index (χ0) is 13.3. The SMILES string of the molecule is COC1CC(NC(=O)c2csc(CN)n2)C1(C)C. The smallest absolute Gasteiger partial charge is 0.270 e. The third-order valence-corrected chi connectivity index (χ3v) is 4.60. The number of amides is 1. The monoisotopic (exact) mass is 269 g/mol. The topological polar surface area (TPSA) is 77.2 Å². The summed E-state index contributed by atoms with van der Waals surface area (Å²) in [5.41, 5.74) is 5.91. The average molecular weight is 269 g/mol. The molecule has 0 bridgehead atoms. The fourth-order valence-corrected chi connectivity index (χ4v) is 2.93. The van der Waals surface area contributed by atoms with Crippen molar-refractivity contribution in [2.24, 2.45) is 11.1 Å². The van der Waals surface area contributed by atoms with E-state index in [2.05, 4.69) is 24.1 Å². The molecule has 1 amide bonds. The second-order valence-corrected chi connectivity index (χ2v) is 6.08. The molecule has 2 atom stereocenters. The van der Waals surface area contributed by atoms with Crippen molar-refractivity contribution in [1.82, 2.24) is 10.3 Å². The van der Waals surface area contributed by atoms with Crippen LogP contribution >= 0.6 is 11.3 Å². The van der Waals surface area contributed by atoms with Crippen molar-refractivity contribution < 1.29 is 9.53 Å². The summed E-state index contributed by atoms with van der Waals surface area (Å²) >= 11 is 1.41. The number of ether oxygens (including phenoxy) is 1. The Labute approximate surface area is 111 Å². The van der Waals surface area contributed by atoms with E-state index in [1.807, 2.05) is 0 Å². The van der Waals surface area contributed by atoms with Crippen molar-refractivity contribution in [3.63, 3.8) is 0 Å². The third-order valence-electron chi connectivity index (χ3n) is 3.73. The fraction of sp³-hybridized carbons (Fsp3) is 0.667. The van der Waals surface area contributed by atoms with Crippen LogP contribution in [-0.2, 0) is 11.3 Å². The number of rotatable bonds is 4. The second kappa shape index (κ2) is 4.95. The molecule has 0 aromatic carbocycles. The molecule has 0 radical (unpaired) electrons. The molecule has 18 heavy (non-hydrogen) atoms. The highest BCUT2D eigenvalue weighted by molar-refractivity contribution is 7.09. The summed E-state index contributed by atoms with van der Waals surface area (Å²) in [5.74, 6) is -0.126. The van der Waals surface area contributed by atoms with Crippen LogP contribution in [0, 0.1) is 5.41 Å². The number of thiazole rings is 1. The van der Waals surface area contributed by atoms with Crippen LogP contribution in [0.4, 0.5) is 0 Å². The maximum atomic E-state index is 12.0. The standard InChI is InChI=1S/C12H19N3O2S/c1-12(2)8(4-9(12)17-3)15-11(16)7-6-18-10(5-13)14-7/h6,8-9H,4-5,13H2,1-3H3,(H,15,16). The average Bonchev–Trinajstić information content (AvgIpc) is 2.82. The Bertz CT molecular complexity index is 444. The minimum absolute atomic E-state index is 0.0306. The molecule has 1 aliphatic rings. The number of hydrogen-bond donors (Lipinski definition) is 2. The lowest BCUT2D eigenvalue weighted by atomic mass is 9.64. The predicted octanol–water partition coefficient (Wildman–Crippen LogP) is 1.15. The molecule has 0 saturated heterocycles. The van der Waals surface area contributed by atoms with Gasteiger partial charge in [0.05, 0.1) is 6.10 Å². The minimum atomic E-state index is -0.126. The molecule has 2 unspecified atom stereocenters. The van der Waals surface area contributed by atoms with Crippen molar-refractivity contribution in [3.8, 4) is 0 Å². The molecule has 0 spiro atoms. The molecule has 1 fully saturated rings. The van der Waals surface area contributed by atoms with E-state index >= 15 is 0 Å². The van der Waals surface area contributed by atoms with Crippen LogP contribution in [0.15, 0.2) is 5.38 Å². The lowest BCUT2D eigenvalue weighted by molar-refractivity contribution is -0.0942. The highest BCUT2D eigenvalue weighted by Crippen LogP contribution is 2.42. The van der Waals surface area contributed by atoms with Crippen LogP contribution in [0.3, 0.4) is 0 Å². The molecule has 5 nitrogen and oxygen atoms in total. The van der Waals surface area contributed by atoms with Gasteiger partial charge in [0.1, 0.15) is 10.7 Å². The van der Waals surface area contributed by atoms with Crippen LogP contribution in [0.1, 0.15) is 35.8 Å². The molecule has 1 aromatic heterocycles. The van der Waals surface area contributed by atoms with Gasteiger partial charge in [0, 0.05) is 30.5 Å². The van der Waals surface area contributed by atoms with E-state index in [0.717, 1.165) is 11.4 Å². The van der Waals surface area contributed by atoms with Gasteiger partial charge >= 0.3 is 0 Å². The molecule has 6 heteroatoms. The summed E-state index contributed by atoms with van der Waals surface area (Å²) < 4.78 is 5.36. The van der Waals surface area contributed by atoms with Crippen molar-refractivity contribution in [1.29, 1.82) is 0 Å². The predicted molar refractivity (Wildman–Crippen MR) is 70.5 cm³/mol. The molecule has 1 saturated carbocycles. The fourth-order valence-electron chi connectivity index (χ4n) is 2.27. The molecule has 1 aromatic rings. The van der Waals surface area contributed by atoms with E-state index < -0.39 is 0 Å². The first-order valence-electron chi connectivity index (χ1n) is 5.97. The lowest BCUT2D eigenvalue weighted by Crippen LogP contribution is -2.61. The van der Waals surface area contributed by atoms with Gasteiger partial charge in [0.2, 0.25) is 0 Å². The first-order chi connectivity index (χ1) is 8.48. The normalized spacial score (nSPS) is 25.6. The van der Waals surface area contributed by atoms with Gasteiger partial charge in [-0.2, -0.15) is 0 Å². The number of methoxy groups -OCH3 is 1. The summed E-state index contributed by atoms with van der Waals surface area (Å²) in [4.78, 5) is 16.2. The Morgan fingerprint density at radius 1 is 1.72 bits per heavy atom. The Balaban J connectivity index is 1.97. The van der Waals surface area contributed by atoms with E-state index in [9.17, 15) is 4.79 Å². The molecule has 3 N–H and O–H groups in total. The molecule has 100 valence electrons. The van der Waals surface area contributed by atoms with E-state index in [1.54, 1.807) is 12.5 Å². The van der Waals surface area contributed by atoms with Crippen molar-refractivity contribution >= 4 is 17.2 Å². The van der Waals surface area contributed by atoms with Crippen LogP contribution < -0.4 is 11.1 Å². The summed E-state index contributed by atoms with van der Waals surface area (Å²) in [6.07, 6.45) is 1.06. The van der Waals surface area contributed by atoms with Crippen molar-refractivity contribution in [2.75, 3.05) is 7.11 Å². The van der Waals surface area contributed by atoms with Gasteiger partial charge < -0.3 is 15.8 Å². The summed E-state index contributed by atoms with van der Waals surface area (Å²) in [5, 5.41) is 5.54. The van der Waals surface area contributed by atoms with Gasteiger partial charge in [0.25, 0.3) is 5.91 Å². The zero-order valence-corrected chi connectivity index (χ0v) is 11.7. The van der Waals surface area contributed by atoms with Gasteiger partial charge in [-0.15, -0.1) is 11.3 Å². The number of aromatic nitrogens is 1. The molecular formula is C12H19N3O2S. The highest BCUT2D eigenvalue weighted by Gasteiger charge is 2.49. The minimum Gasteiger partial charge on any atom is -0.381 e. The quantitative estimate of drug-likeness (QED) is 0.859. The van der Waals surface area contributed by atoms with Crippen molar-refractivity contribution in [3.05, 3.63) is 16.1 Å². The van der Waals surface area contributed by atoms with Gasteiger partial charge in [0.15, 0.2) is 0 Å². The molecule has 0 aliphatic heterocycles. The molecule has 2 rings (SSSR count). The van der Waals surface area contributed by atoms with Crippen LogP contribution in [0.5, 0.6) is 0 Å². The lowest BCUT2D eigenvalue weighted by Gasteiger charge is -2.51. The third kappa shape index (κ3) is 2.28. The summed E-state index contributed by atoms with van der Waals surface area (Å²) in [6.45, 7) is 4.57. The Hall–Kier alpha value is -0.980. The molecular weight excluding hydrogens is 250 g/mol. The second-order valence-electron chi connectivity index (χ2n) is 5.14. The zero-order valence-electron chi connectivity index (χ0n) is 10.9. The van der Waals surface area contributed by atoms with E-state index in [-0.39, 0.29) is 23.5 Å². The van der Waals surface area contributed by atoms with E-state index in [4.69, 9.17) is 10.5 Å². The highest BCUT2D eigenvalue weighted by atomic mass is 32.1. The van der Waals surface area contributed by atoms with Gasteiger partial charge in [-0.3, -0.25) is 4.79 Å². The van der Waals surface area contributed by atoms with Gasteiger partial charge in [-0.05, 0) is 6.42 Å². The van der Waals surface area contributed by atoms with Crippen LogP contribution in [-0.4, -0.2) is 30.1 Å². The molecule has 1 heterocycles. The summed E-state index contributed by atoms with van der Waals surface area (Å²) in [6, 6.07) is 0.137. The van der Waals surface area contributed by atoms with Gasteiger partial charge in [-0.25, -0.2) is 4.98 Å². The number of carbonyl (C=O) groups is 1. The maximum absolute atomic E-state index is 12.0. The van der Waals surface area contributed by atoms with Gasteiger partial charge in [-0.1, -0.05) is 13.8 Å². The number of nitrogens with one attached hydrogen (secondary N) is 1. The first kappa shape index (κ1) is 13.5. The largest absolute Gasteiger partial charge is 0.381 e. The maximum Gasteiger partial charge on any atom is 0.270 e. The van der Waals surface area contributed by atoms with Crippen LogP contribution in [0.2, 0.25) is 0 Å². The van der Waals surface area contributed by atoms with Crippen molar-refractivity contribution in [2.45, 2.75) is 39.0 Å². The number of hydrogen-bond acceptors (Lipinski definition) is 5. The van der Waals surface area contributed by atoms with E-state index in [0.29, 0.717) is 12.2 Å².